The third kappa shape index (κ3) is 3.61. The number of anilines is 2. The molecule has 0 aliphatic carbocycles. The zero-order valence-corrected chi connectivity index (χ0v) is 15.8. The SMILES string of the molecule is CC1(C)OC[C@@H](CN(c2ccnc(Cl)n2)c2cccc3c2cnn3CO)O1. The van der Waals surface area contributed by atoms with Gasteiger partial charge in [-0.15, -0.1) is 0 Å². The molecule has 27 heavy (non-hydrogen) atoms. The monoisotopic (exact) mass is 389 g/mol. The van der Waals surface area contributed by atoms with Crippen LogP contribution in [-0.2, 0) is 16.2 Å². The third-order valence-corrected chi connectivity index (χ3v) is 4.61. The molecular weight excluding hydrogens is 370 g/mol. The summed E-state index contributed by atoms with van der Waals surface area (Å²) in [5, 5.41) is 14.8. The molecule has 1 aromatic carbocycles. The predicted octanol–water partition coefficient (Wildman–Crippen LogP) is 2.72. The number of hydrogen-bond acceptors (Lipinski definition) is 7. The first-order chi connectivity index (χ1) is 13.0. The molecule has 9 heteroatoms. The highest BCUT2D eigenvalue weighted by Gasteiger charge is 2.34. The van der Waals surface area contributed by atoms with Crippen molar-refractivity contribution in [1.82, 2.24) is 19.7 Å². The van der Waals surface area contributed by atoms with Gasteiger partial charge in [0.2, 0.25) is 5.28 Å². The molecular formula is C18H20ClN5O3. The summed E-state index contributed by atoms with van der Waals surface area (Å²) in [6.07, 6.45) is 3.20. The van der Waals surface area contributed by atoms with Crippen molar-refractivity contribution in [3.63, 3.8) is 0 Å². The number of ether oxygens (including phenoxy) is 2. The number of aromatic nitrogens is 4. The lowest BCUT2D eigenvalue weighted by atomic mass is 10.2. The maximum Gasteiger partial charge on any atom is 0.224 e. The van der Waals surface area contributed by atoms with E-state index in [2.05, 4.69) is 15.1 Å². The van der Waals surface area contributed by atoms with Crippen LogP contribution in [0.4, 0.5) is 11.5 Å². The molecule has 0 spiro atoms. The van der Waals surface area contributed by atoms with Crippen molar-refractivity contribution in [3.8, 4) is 0 Å². The van der Waals surface area contributed by atoms with Gasteiger partial charge in [-0.2, -0.15) is 5.10 Å². The second-order valence-corrected chi connectivity index (χ2v) is 7.08. The number of halogens is 1. The van der Waals surface area contributed by atoms with Crippen LogP contribution in [0.25, 0.3) is 10.9 Å². The van der Waals surface area contributed by atoms with Gasteiger partial charge in [-0.1, -0.05) is 6.07 Å². The summed E-state index contributed by atoms with van der Waals surface area (Å²) in [4.78, 5) is 10.4. The molecule has 2 aromatic heterocycles. The number of benzene rings is 1. The maximum atomic E-state index is 9.51. The first-order valence-corrected chi connectivity index (χ1v) is 8.98. The quantitative estimate of drug-likeness (QED) is 0.671. The van der Waals surface area contributed by atoms with Crippen LogP contribution in [0.15, 0.2) is 36.7 Å². The Morgan fingerprint density at radius 1 is 1.37 bits per heavy atom. The van der Waals surface area contributed by atoms with Crippen molar-refractivity contribution in [2.75, 3.05) is 18.1 Å². The van der Waals surface area contributed by atoms with Crippen LogP contribution in [0, 0.1) is 0 Å². The van der Waals surface area contributed by atoms with Crippen LogP contribution in [0.2, 0.25) is 5.28 Å². The van der Waals surface area contributed by atoms with Crippen molar-refractivity contribution in [2.45, 2.75) is 32.5 Å². The molecule has 3 aromatic rings. The first-order valence-electron chi connectivity index (χ1n) is 8.60. The fourth-order valence-electron chi connectivity index (χ4n) is 3.28. The fraction of sp³-hybridized carbons (Fsp3) is 0.389. The summed E-state index contributed by atoms with van der Waals surface area (Å²) in [5.74, 6) is 0.0283. The van der Waals surface area contributed by atoms with Crippen LogP contribution >= 0.6 is 11.6 Å². The third-order valence-electron chi connectivity index (χ3n) is 4.43. The topological polar surface area (TPSA) is 85.5 Å². The zero-order chi connectivity index (χ0) is 19.0. The molecule has 4 rings (SSSR count). The van der Waals surface area contributed by atoms with Crippen molar-refractivity contribution < 1.29 is 14.6 Å². The fourth-order valence-corrected chi connectivity index (χ4v) is 3.43. The molecule has 1 aliphatic heterocycles. The van der Waals surface area contributed by atoms with E-state index in [9.17, 15) is 5.11 Å². The maximum absolute atomic E-state index is 9.51. The Morgan fingerprint density at radius 3 is 2.93 bits per heavy atom. The normalized spacial score (nSPS) is 18.9. The Balaban J connectivity index is 1.77. The van der Waals surface area contributed by atoms with Crippen LogP contribution in [0.5, 0.6) is 0 Å². The minimum absolute atomic E-state index is 0.142. The molecule has 0 radical (unpaired) electrons. The number of fused-ring (bicyclic) bond motifs is 1. The summed E-state index contributed by atoms with van der Waals surface area (Å²) < 4.78 is 13.2. The molecule has 142 valence electrons. The lowest BCUT2D eigenvalue weighted by molar-refractivity contribution is -0.137. The van der Waals surface area contributed by atoms with E-state index in [4.69, 9.17) is 21.1 Å². The highest BCUT2D eigenvalue weighted by atomic mass is 35.5. The molecule has 3 heterocycles. The van der Waals surface area contributed by atoms with E-state index in [1.165, 1.54) is 4.68 Å². The molecule has 0 amide bonds. The molecule has 1 aliphatic rings. The summed E-state index contributed by atoms with van der Waals surface area (Å²) >= 11 is 6.03. The molecule has 1 fully saturated rings. The Morgan fingerprint density at radius 2 is 2.22 bits per heavy atom. The van der Waals surface area contributed by atoms with E-state index in [0.717, 1.165) is 16.6 Å². The van der Waals surface area contributed by atoms with Gasteiger partial charge >= 0.3 is 0 Å². The van der Waals surface area contributed by atoms with Crippen LogP contribution in [-0.4, -0.2) is 49.9 Å². The Bertz CT molecular complexity index is 961. The summed E-state index contributed by atoms with van der Waals surface area (Å²) in [5.41, 5.74) is 1.71. The molecule has 0 unspecified atom stereocenters. The van der Waals surface area contributed by atoms with Crippen molar-refractivity contribution >= 4 is 34.0 Å². The summed E-state index contributed by atoms with van der Waals surface area (Å²) in [7, 11) is 0. The van der Waals surface area contributed by atoms with Gasteiger partial charge in [0.05, 0.1) is 30.6 Å². The van der Waals surface area contributed by atoms with Gasteiger partial charge in [0.15, 0.2) is 5.79 Å². The molecule has 1 N–H and O–H groups in total. The molecule has 8 nitrogen and oxygen atoms in total. The highest BCUT2D eigenvalue weighted by molar-refractivity contribution is 6.28. The van der Waals surface area contributed by atoms with E-state index in [-0.39, 0.29) is 18.1 Å². The van der Waals surface area contributed by atoms with Crippen LogP contribution in [0.3, 0.4) is 0 Å². The van der Waals surface area contributed by atoms with Gasteiger partial charge in [-0.05, 0) is 43.6 Å². The minimum atomic E-state index is -0.618. The lowest BCUT2D eigenvalue weighted by Crippen LogP contribution is -2.32. The average molecular weight is 390 g/mol. The second-order valence-electron chi connectivity index (χ2n) is 6.74. The Hall–Kier alpha value is -2.26. The van der Waals surface area contributed by atoms with Crippen LogP contribution < -0.4 is 4.90 Å². The number of hydrogen-bond donors (Lipinski definition) is 1. The molecule has 0 saturated carbocycles. The molecule has 1 atom stereocenters. The van der Waals surface area contributed by atoms with E-state index in [1.807, 2.05) is 36.9 Å². The Labute approximate surface area is 161 Å². The van der Waals surface area contributed by atoms with Gasteiger partial charge in [0.25, 0.3) is 0 Å². The van der Waals surface area contributed by atoms with E-state index in [1.54, 1.807) is 18.5 Å². The zero-order valence-electron chi connectivity index (χ0n) is 15.0. The van der Waals surface area contributed by atoms with Crippen LogP contribution in [0.1, 0.15) is 13.8 Å². The second kappa shape index (κ2) is 7.05. The summed E-state index contributed by atoms with van der Waals surface area (Å²) in [6.45, 7) is 4.59. The number of nitrogens with zero attached hydrogens (tertiary/aromatic N) is 5. The van der Waals surface area contributed by atoms with Gasteiger partial charge in [0, 0.05) is 11.6 Å². The standard InChI is InChI=1S/C18H20ClN5O3/c1-18(2)26-10-12(27-18)9-23(16-6-7-20-17(19)22-16)14-4-3-5-15-13(14)8-21-24(15)11-25/h3-8,12,25H,9-11H2,1-2H3/t12-/m1/s1. The number of aliphatic hydroxyl groups is 1. The van der Waals surface area contributed by atoms with E-state index < -0.39 is 5.79 Å². The van der Waals surface area contributed by atoms with Crippen molar-refractivity contribution in [3.05, 3.63) is 41.9 Å². The first kappa shape index (κ1) is 18.1. The van der Waals surface area contributed by atoms with E-state index >= 15 is 0 Å². The largest absolute Gasteiger partial charge is 0.374 e. The average Bonchev–Trinajstić information content (AvgIpc) is 3.22. The van der Waals surface area contributed by atoms with Gasteiger partial charge in [0.1, 0.15) is 18.7 Å². The predicted molar refractivity (Wildman–Crippen MR) is 101 cm³/mol. The minimum Gasteiger partial charge on any atom is -0.374 e. The number of rotatable bonds is 5. The summed E-state index contributed by atoms with van der Waals surface area (Å²) in [6, 6.07) is 7.59. The van der Waals surface area contributed by atoms with E-state index in [0.29, 0.717) is 19.0 Å². The highest BCUT2D eigenvalue weighted by Crippen LogP contribution is 2.33. The molecule has 1 saturated heterocycles. The Kier molecular flexibility index (Phi) is 4.73. The number of aliphatic hydroxyl groups excluding tert-OH is 1. The van der Waals surface area contributed by atoms with Gasteiger partial charge in [-0.25, -0.2) is 14.6 Å². The molecule has 0 bridgehead atoms. The smallest absolute Gasteiger partial charge is 0.224 e. The lowest BCUT2D eigenvalue weighted by Gasteiger charge is -2.27. The van der Waals surface area contributed by atoms with Gasteiger partial charge in [-0.3, -0.25) is 0 Å². The van der Waals surface area contributed by atoms with Crippen molar-refractivity contribution in [2.24, 2.45) is 0 Å². The van der Waals surface area contributed by atoms with Crippen molar-refractivity contribution in [1.29, 1.82) is 0 Å². The van der Waals surface area contributed by atoms with Gasteiger partial charge < -0.3 is 19.5 Å².